The summed E-state index contributed by atoms with van der Waals surface area (Å²) in [5.74, 6) is 1.22. The highest BCUT2D eigenvalue weighted by Gasteiger charge is 2.17. The molecular weight excluding hydrogens is 262 g/mol. The summed E-state index contributed by atoms with van der Waals surface area (Å²) >= 11 is 0. The van der Waals surface area contributed by atoms with Crippen molar-refractivity contribution in [1.82, 2.24) is 15.2 Å². The van der Waals surface area contributed by atoms with Gasteiger partial charge in [0.05, 0.1) is 6.20 Å². The first-order valence-corrected chi connectivity index (χ1v) is 7.19. The Morgan fingerprint density at radius 3 is 2.48 bits per heavy atom. The first-order valence-electron chi connectivity index (χ1n) is 7.19. The number of hydrogen-bond acceptors (Lipinski definition) is 5. The Morgan fingerprint density at radius 2 is 1.81 bits per heavy atom. The number of hydrogen-bond donors (Lipinski definition) is 2. The molecule has 2 N–H and O–H groups in total. The molecule has 0 bridgehead atoms. The van der Waals surface area contributed by atoms with Gasteiger partial charge in [0.1, 0.15) is 0 Å². The van der Waals surface area contributed by atoms with Crippen molar-refractivity contribution in [3.05, 3.63) is 36.0 Å². The smallest absolute Gasteiger partial charge is 0.244 e. The Labute approximate surface area is 126 Å². The number of aromatic nitrogens is 3. The van der Waals surface area contributed by atoms with Crippen LogP contribution in [0.5, 0.6) is 0 Å². The maximum atomic E-state index is 4.44. The highest BCUT2D eigenvalue weighted by Crippen LogP contribution is 2.30. The summed E-state index contributed by atoms with van der Waals surface area (Å²) in [6.07, 6.45) is 1.63. The van der Waals surface area contributed by atoms with Crippen LogP contribution < -0.4 is 10.6 Å². The van der Waals surface area contributed by atoms with Gasteiger partial charge in [0, 0.05) is 11.7 Å². The molecule has 0 fully saturated rings. The second-order valence-corrected chi connectivity index (χ2v) is 6.38. The Bertz CT molecular complexity index is 602. The summed E-state index contributed by atoms with van der Waals surface area (Å²) in [7, 11) is 0. The van der Waals surface area contributed by atoms with Crippen LogP contribution in [0, 0.1) is 0 Å². The third-order valence-electron chi connectivity index (χ3n) is 2.97. The Morgan fingerprint density at radius 1 is 1.10 bits per heavy atom. The van der Waals surface area contributed by atoms with E-state index < -0.39 is 0 Å². The minimum absolute atomic E-state index is 0.0586. The second kappa shape index (κ2) is 6.08. The monoisotopic (exact) mass is 285 g/mol. The van der Waals surface area contributed by atoms with E-state index in [-0.39, 0.29) is 11.5 Å². The molecule has 0 aliphatic carbocycles. The first-order chi connectivity index (χ1) is 9.86. The standard InChI is InChI=1S/C16H23N5/c1-11(2)18-15-20-14(10-17-21-15)19-13-9-7-6-8-12(13)16(3,4)5/h6-11H,1-5H3,(H2,18,19,20,21). The summed E-state index contributed by atoms with van der Waals surface area (Å²) in [5, 5.41) is 14.5. The maximum absolute atomic E-state index is 4.44. The molecule has 1 aromatic heterocycles. The van der Waals surface area contributed by atoms with Gasteiger partial charge in [-0.15, -0.1) is 5.10 Å². The molecule has 2 rings (SSSR count). The molecule has 112 valence electrons. The molecule has 21 heavy (non-hydrogen) atoms. The van der Waals surface area contributed by atoms with E-state index in [9.17, 15) is 0 Å². The molecule has 1 aromatic carbocycles. The van der Waals surface area contributed by atoms with E-state index in [4.69, 9.17) is 0 Å². The summed E-state index contributed by atoms with van der Waals surface area (Å²) in [6, 6.07) is 8.52. The zero-order valence-electron chi connectivity index (χ0n) is 13.3. The zero-order valence-corrected chi connectivity index (χ0v) is 13.3. The Hall–Kier alpha value is -2.17. The Kier molecular flexibility index (Phi) is 4.40. The molecule has 5 heteroatoms. The number of nitrogens with one attached hydrogen (secondary N) is 2. The number of para-hydroxylation sites is 1. The highest BCUT2D eigenvalue weighted by atomic mass is 15.3. The van der Waals surface area contributed by atoms with Crippen LogP contribution in [0.15, 0.2) is 30.5 Å². The van der Waals surface area contributed by atoms with Gasteiger partial charge >= 0.3 is 0 Å². The molecular formula is C16H23N5. The molecule has 0 unspecified atom stereocenters. The van der Waals surface area contributed by atoms with Crippen molar-refractivity contribution in [3.63, 3.8) is 0 Å². The van der Waals surface area contributed by atoms with Crippen molar-refractivity contribution in [1.29, 1.82) is 0 Å². The number of benzene rings is 1. The molecule has 0 saturated carbocycles. The van der Waals surface area contributed by atoms with Gasteiger partial charge in [0.25, 0.3) is 0 Å². The fourth-order valence-electron chi connectivity index (χ4n) is 2.07. The van der Waals surface area contributed by atoms with Crippen LogP contribution in [0.25, 0.3) is 0 Å². The molecule has 0 aliphatic heterocycles. The van der Waals surface area contributed by atoms with Gasteiger partial charge in [-0.3, -0.25) is 0 Å². The van der Waals surface area contributed by atoms with Crippen LogP contribution >= 0.6 is 0 Å². The van der Waals surface area contributed by atoms with Gasteiger partial charge in [0.2, 0.25) is 5.95 Å². The number of anilines is 3. The second-order valence-electron chi connectivity index (χ2n) is 6.38. The zero-order chi connectivity index (χ0) is 15.5. The maximum Gasteiger partial charge on any atom is 0.244 e. The average Bonchev–Trinajstić information content (AvgIpc) is 2.37. The molecule has 0 spiro atoms. The molecule has 2 aromatic rings. The van der Waals surface area contributed by atoms with E-state index in [1.807, 2.05) is 19.9 Å². The van der Waals surface area contributed by atoms with E-state index >= 15 is 0 Å². The van der Waals surface area contributed by atoms with E-state index in [0.29, 0.717) is 11.8 Å². The van der Waals surface area contributed by atoms with Gasteiger partial charge in [0.15, 0.2) is 5.82 Å². The number of rotatable bonds is 4. The molecule has 0 aliphatic rings. The molecule has 5 nitrogen and oxygen atoms in total. The van der Waals surface area contributed by atoms with E-state index in [2.05, 4.69) is 64.8 Å². The Balaban J connectivity index is 2.27. The predicted molar refractivity (Wildman–Crippen MR) is 87.0 cm³/mol. The van der Waals surface area contributed by atoms with Crippen molar-refractivity contribution in [2.24, 2.45) is 0 Å². The normalized spacial score (nSPS) is 11.5. The predicted octanol–water partition coefficient (Wildman–Crippen LogP) is 3.73. The third kappa shape index (κ3) is 4.15. The fraction of sp³-hybridized carbons (Fsp3) is 0.438. The van der Waals surface area contributed by atoms with Crippen molar-refractivity contribution >= 4 is 17.5 Å². The lowest BCUT2D eigenvalue weighted by molar-refractivity contribution is 0.592. The number of nitrogens with zero attached hydrogens (tertiary/aromatic N) is 3. The van der Waals surface area contributed by atoms with Crippen molar-refractivity contribution in [2.45, 2.75) is 46.1 Å². The van der Waals surface area contributed by atoms with Crippen molar-refractivity contribution < 1.29 is 0 Å². The van der Waals surface area contributed by atoms with Gasteiger partial charge < -0.3 is 10.6 Å². The lowest BCUT2D eigenvalue weighted by Crippen LogP contribution is -2.15. The highest BCUT2D eigenvalue weighted by molar-refractivity contribution is 5.62. The quantitative estimate of drug-likeness (QED) is 0.896. The summed E-state index contributed by atoms with van der Waals surface area (Å²) < 4.78 is 0. The molecule has 0 amide bonds. The molecule has 1 heterocycles. The molecule has 0 saturated heterocycles. The van der Waals surface area contributed by atoms with Crippen LogP contribution in [0.2, 0.25) is 0 Å². The van der Waals surface area contributed by atoms with Crippen LogP contribution in [0.1, 0.15) is 40.2 Å². The van der Waals surface area contributed by atoms with Crippen LogP contribution in [0.4, 0.5) is 17.5 Å². The molecule has 0 radical (unpaired) electrons. The van der Waals surface area contributed by atoms with Crippen LogP contribution in [-0.2, 0) is 5.41 Å². The topological polar surface area (TPSA) is 62.7 Å². The van der Waals surface area contributed by atoms with Crippen LogP contribution in [0.3, 0.4) is 0 Å². The molecule has 0 atom stereocenters. The lowest BCUT2D eigenvalue weighted by atomic mass is 9.86. The first kappa shape index (κ1) is 15.2. The third-order valence-corrected chi connectivity index (χ3v) is 2.97. The van der Waals surface area contributed by atoms with Gasteiger partial charge in [-0.2, -0.15) is 10.1 Å². The minimum Gasteiger partial charge on any atom is -0.351 e. The average molecular weight is 285 g/mol. The minimum atomic E-state index is 0.0586. The summed E-state index contributed by atoms with van der Waals surface area (Å²) in [4.78, 5) is 4.44. The van der Waals surface area contributed by atoms with E-state index in [0.717, 1.165) is 5.69 Å². The van der Waals surface area contributed by atoms with Gasteiger partial charge in [-0.1, -0.05) is 39.0 Å². The van der Waals surface area contributed by atoms with Crippen LogP contribution in [-0.4, -0.2) is 21.2 Å². The fourth-order valence-corrected chi connectivity index (χ4v) is 2.07. The summed E-state index contributed by atoms with van der Waals surface area (Å²) in [6.45, 7) is 10.7. The van der Waals surface area contributed by atoms with Crippen molar-refractivity contribution in [2.75, 3.05) is 10.6 Å². The SMILES string of the molecule is CC(C)Nc1nncc(Nc2ccccc2C(C)(C)C)n1. The lowest BCUT2D eigenvalue weighted by Gasteiger charge is -2.23. The van der Waals surface area contributed by atoms with Crippen molar-refractivity contribution in [3.8, 4) is 0 Å². The van der Waals surface area contributed by atoms with Gasteiger partial charge in [-0.05, 0) is 30.9 Å². The largest absolute Gasteiger partial charge is 0.351 e. The van der Waals surface area contributed by atoms with Gasteiger partial charge in [-0.25, -0.2) is 0 Å². The van der Waals surface area contributed by atoms with E-state index in [1.54, 1.807) is 6.20 Å². The summed E-state index contributed by atoms with van der Waals surface area (Å²) in [5.41, 5.74) is 2.34. The van der Waals surface area contributed by atoms with E-state index in [1.165, 1.54) is 5.56 Å².